The second kappa shape index (κ2) is 14.5. The van der Waals surface area contributed by atoms with Crippen LogP contribution in [-0.4, -0.2) is 36.4 Å². The smallest absolute Gasteiger partial charge is 0.266 e. The lowest BCUT2D eigenvalue weighted by atomic mass is 9.85. The van der Waals surface area contributed by atoms with Crippen LogP contribution in [0.2, 0.25) is 0 Å². The minimum Gasteiger partial charge on any atom is -0.376 e. The van der Waals surface area contributed by atoms with Gasteiger partial charge in [0.15, 0.2) is 6.17 Å². The molecular weight excluding hydrogens is 408 g/mol. The van der Waals surface area contributed by atoms with Crippen LogP contribution in [0.25, 0.3) is 0 Å². The number of carbonyl (C=O) groups excluding carboxylic acids is 1. The number of amides is 1. The molecule has 0 radical (unpaired) electrons. The van der Waals surface area contributed by atoms with Crippen LogP contribution in [0.1, 0.15) is 59.8 Å². The third-order valence-electron chi connectivity index (χ3n) is 5.85. The van der Waals surface area contributed by atoms with Crippen molar-refractivity contribution in [2.45, 2.75) is 66.0 Å². The number of carbonyl (C=O) groups is 1. The molecule has 1 atom stereocenters. The molecule has 33 heavy (non-hydrogen) atoms. The van der Waals surface area contributed by atoms with E-state index in [-0.39, 0.29) is 5.91 Å². The maximum atomic E-state index is 13.2. The number of nitrogens with zero attached hydrogens (tertiary/aromatic N) is 2. The largest absolute Gasteiger partial charge is 0.376 e. The number of hydrogen-bond donors (Lipinski definition) is 2. The molecule has 0 bridgehead atoms. The Morgan fingerprint density at radius 3 is 2.61 bits per heavy atom. The highest BCUT2D eigenvalue weighted by atomic mass is 16.2. The van der Waals surface area contributed by atoms with Gasteiger partial charge in [-0.1, -0.05) is 75.6 Å². The SMILES string of the molecule is C/C=C\C=C/C1=CC(C2CCCCC2)=NC(NCN/C(C)=C/C=C\C=C\C(C)C)C(=O)N1C. The molecule has 0 spiro atoms. The van der Waals surface area contributed by atoms with Crippen molar-refractivity contribution >= 4 is 11.6 Å². The third-order valence-corrected chi connectivity index (χ3v) is 5.85. The summed E-state index contributed by atoms with van der Waals surface area (Å²) in [5.74, 6) is 0.926. The van der Waals surface area contributed by atoms with Crippen LogP contribution in [0, 0.1) is 11.8 Å². The van der Waals surface area contributed by atoms with Crippen LogP contribution in [-0.2, 0) is 4.79 Å². The second-order valence-electron chi connectivity index (χ2n) is 9.06. The van der Waals surface area contributed by atoms with Gasteiger partial charge in [-0.05, 0) is 50.8 Å². The highest BCUT2D eigenvalue weighted by molar-refractivity contribution is 6.01. The van der Waals surface area contributed by atoms with E-state index < -0.39 is 6.17 Å². The Labute approximate surface area is 200 Å². The number of aliphatic imine (C=N–C) groups is 1. The maximum absolute atomic E-state index is 13.2. The number of allylic oxidation sites excluding steroid dienone is 11. The van der Waals surface area contributed by atoms with Crippen LogP contribution >= 0.6 is 0 Å². The summed E-state index contributed by atoms with van der Waals surface area (Å²) in [6.07, 6.45) is 25.7. The molecule has 2 rings (SSSR count). The summed E-state index contributed by atoms with van der Waals surface area (Å²) in [4.78, 5) is 19.8. The van der Waals surface area contributed by atoms with Crippen molar-refractivity contribution in [3.8, 4) is 0 Å². The molecule has 1 amide bonds. The van der Waals surface area contributed by atoms with Crippen LogP contribution in [0.4, 0.5) is 0 Å². The van der Waals surface area contributed by atoms with Crippen molar-refractivity contribution in [2.24, 2.45) is 16.8 Å². The fourth-order valence-corrected chi connectivity index (χ4v) is 3.88. The molecule has 5 nitrogen and oxygen atoms in total. The van der Waals surface area contributed by atoms with E-state index in [9.17, 15) is 4.79 Å². The van der Waals surface area contributed by atoms with Crippen molar-refractivity contribution in [3.05, 3.63) is 72.2 Å². The van der Waals surface area contributed by atoms with Crippen molar-refractivity contribution in [1.29, 1.82) is 0 Å². The predicted molar refractivity (Wildman–Crippen MR) is 141 cm³/mol. The molecule has 1 unspecified atom stereocenters. The lowest BCUT2D eigenvalue weighted by molar-refractivity contribution is -0.129. The van der Waals surface area contributed by atoms with Crippen molar-refractivity contribution in [1.82, 2.24) is 15.5 Å². The molecule has 180 valence electrons. The van der Waals surface area contributed by atoms with E-state index in [1.54, 1.807) is 4.90 Å². The van der Waals surface area contributed by atoms with Gasteiger partial charge in [0.2, 0.25) is 0 Å². The number of likely N-dealkylation sites (N-methyl/N-ethyl adjacent to an activating group) is 1. The standard InChI is InChI=1S/C28H42N4O/c1-6-7-10-19-25-20-26(24-17-13-9-14-18-24)31-27(28(33)32(25)5)30-21-29-23(4)16-12-8-11-15-22(2)3/h6-8,10-12,15-16,19-20,22,24,27,29-30H,9,13-14,17-18,21H2,1-5H3/b7-6-,12-8-,15-11+,19-10-,23-16+. The predicted octanol–water partition coefficient (Wildman–Crippen LogP) is 5.63. The monoisotopic (exact) mass is 450 g/mol. The molecule has 1 aliphatic heterocycles. The summed E-state index contributed by atoms with van der Waals surface area (Å²) in [6, 6.07) is 0. The van der Waals surface area contributed by atoms with Gasteiger partial charge in [0, 0.05) is 30.1 Å². The Morgan fingerprint density at radius 1 is 1.15 bits per heavy atom. The van der Waals surface area contributed by atoms with Crippen molar-refractivity contribution in [3.63, 3.8) is 0 Å². The van der Waals surface area contributed by atoms with Crippen LogP contribution in [0.15, 0.2) is 77.1 Å². The van der Waals surface area contributed by atoms with E-state index in [1.165, 1.54) is 19.3 Å². The molecule has 5 heteroatoms. The number of rotatable bonds is 10. The lowest BCUT2D eigenvalue weighted by Gasteiger charge is -2.23. The lowest BCUT2D eigenvalue weighted by Crippen LogP contribution is -2.45. The maximum Gasteiger partial charge on any atom is 0.266 e. The fourth-order valence-electron chi connectivity index (χ4n) is 3.88. The van der Waals surface area contributed by atoms with Gasteiger partial charge >= 0.3 is 0 Å². The molecule has 2 N–H and O–H groups in total. The summed E-state index contributed by atoms with van der Waals surface area (Å²) in [7, 11) is 1.83. The van der Waals surface area contributed by atoms with Crippen LogP contribution in [0.5, 0.6) is 0 Å². The van der Waals surface area contributed by atoms with E-state index in [1.807, 2.05) is 63.4 Å². The highest BCUT2D eigenvalue weighted by Gasteiger charge is 2.29. The van der Waals surface area contributed by atoms with Gasteiger partial charge in [-0.15, -0.1) is 0 Å². The van der Waals surface area contributed by atoms with Gasteiger partial charge < -0.3 is 10.2 Å². The molecule has 1 heterocycles. The Hall–Kier alpha value is -2.66. The highest BCUT2D eigenvalue weighted by Crippen LogP contribution is 2.27. The van der Waals surface area contributed by atoms with Gasteiger partial charge in [0.25, 0.3) is 5.91 Å². The van der Waals surface area contributed by atoms with E-state index >= 15 is 0 Å². The number of nitrogens with one attached hydrogen (secondary N) is 2. The molecule has 1 fully saturated rings. The zero-order valence-corrected chi connectivity index (χ0v) is 21.1. The summed E-state index contributed by atoms with van der Waals surface area (Å²) >= 11 is 0. The zero-order valence-electron chi connectivity index (χ0n) is 21.1. The molecule has 1 saturated carbocycles. The molecule has 1 aliphatic carbocycles. The summed E-state index contributed by atoms with van der Waals surface area (Å²) in [5.41, 5.74) is 2.95. The van der Waals surface area contributed by atoms with Gasteiger partial charge in [-0.3, -0.25) is 15.1 Å². The third kappa shape index (κ3) is 9.39. The first-order valence-corrected chi connectivity index (χ1v) is 12.3. The molecule has 0 aromatic rings. The Morgan fingerprint density at radius 2 is 1.91 bits per heavy atom. The quantitative estimate of drug-likeness (QED) is 0.335. The normalized spacial score (nSPS) is 21.6. The Balaban J connectivity index is 2.08. The van der Waals surface area contributed by atoms with E-state index in [4.69, 9.17) is 4.99 Å². The first-order chi connectivity index (χ1) is 15.9. The van der Waals surface area contributed by atoms with Gasteiger partial charge in [0.05, 0.1) is 6.67 Å². The van der Waals surface area contributed by atoms with Gasteiger partial charge in [-0.25, -0.2) is 0 Å². The fraction of sp³-hybridized carbons (Fsp3) is 0.500. The van der Waals surface area contributed by atoms with E-state index in [0.29, 0.717) is 18.5 Å². The average molecular weight is 451 g/mol. The summed E-state index contributed by atoms with van der Waals surface area (Å²) < 4.78 is 0. The molecule has 0 saturated heterocycles. The minimum absolute atomic E-state index is 0.0423. The molecule has 0 aromatic carbocycles. The zero-order chi connectivity index (χ0) is 24.1. The topological polar surface area (TPSA) is 56.7 Å². The minimum atomic E-state index is -0.597. The van der Waals surface area contributed by atoms with Crippen molar-refractivity contribution in [2.75, 3.05) is 13.7 Å². The van der Waals surface area contributed by atoms with E-state index in [0.717, 1.165) is 29.9 Å². The molecule has 0 aromatic heterocycles. The molecule has 2 aliphatic rings. The Bertz CT molecular complexity index is 836. The summed E-state index contributed by atoms with van der Waals surface area (Å²) in [6.45, 7) is 8.78. The number of hydrogen-bond acceptors (Lipinski definition) is 4. The first-order valence-electron chi connectivity index (χ1n) is 12.3. The molecular formula is C28H42N4O. The summed E-state index contributed by atoms with van der Waals surface area (Å²) in [5, 5.41) is 6.63. The average Bonchev–Trinajstić information content (AvgIpc) is 2.92. The van der Waals surface area contributed by atoms with Crippen LogP contribution < -0.4 is 10.6 Å². The van der Waals surface area contributed by atoms with Crippen molar-refractivity contribution < 1.29 is 4.79 Å². The van der Waals surface area contributed by atoms with Gasteiger partial charge in [0.1, 0.15) is 0 Å². The second-order valence-corrected chi connectivity index (χ2v) is 9.06. The van der Waals surface area contributed by atoms with Crippen LogP contribution in [0.3, 0.4) is 0 Å². The Kier molecular flexibility index (Phi) is 11.7. The first kappa shape index (κ1) is 26.6. The van der Waals surface area contributed by atoms with E-state index in [2.05, 4.69) is 42.7 Å². The van der Waals surface area contributed by atoms with Gasteiger partial charge in [-0.2, -0.15) is 0 Å².